The molecule has 0 spiro atoms. The number of halogens is 2. The summed E-state index contributed by atoms with van der Waals surface area (Å²) < 4.78 is 11.8. The van der Waals surface area contributed by atoms with Gasteiger partial charge in [0, 0.05) is 0 Å². The van der Waals surface area contributed by atoms with Gasteiger partial charge in [-0.25, -0.2) is 0 Å². The van der Waals surface area contributed by atoms with Gasteiger partial charge < -0.3 is 14.9 Å². The largest absolute Gasteiger partial charge is 0.510 e. The van der Waals surface area contributed by atoms with Crippen molar-refractivity contribution < 1.29 is 30.1 Å². The summed E-state index contributed by atoms with van der Waals surface area (Å²) in [5.74, 6) is 1.30. The van der Waals surface area contributed by atoms with E-state index < -0.39 is 0 Å². The first kappa shape index (κ1) is 26.4. The fraction of sp³-hybridized carbons (Fsp3) is 0.231. The van der Waals surface area contributed by atoms with Gasteiger partial charge in [0.15, 0.2) is 0 Å². The standard InChI is InChI=1S/C26H23N2O2.2ClH.H2O.Rh/c1-3-8-19(9-4-1)14-23-17-29-25(27-23)21-12-7-13-22(16-21)26-28-24(18-30-26)15-20-10-5-2-6-11-20;;;;/h1-13,23-24H,14-15,17-18H2;2*1H;1H2;/q-1;;;;+3/p-2/t23-,24-;;;;/m0..../s1. The van der Waals surface area contributed by atoms with Crippen molar-refractivity contribution in [2.75, 3.05) is 13.2 Å². The maximum atomic E-state index is 5.88. The SMILES string of the molecule is O.[Cl][Rh+][Cl].[c-]1c(C2=N[C@@H](Cc3ccccc3)CO2)cccc1C1=N[C@@H](Cc2ccccc2)CO1. The van der Waals surface area contributed by atoms with Crippen molar-refractivity contribution in [3.05, 3.63) is 107 Å². The maximum absolute atomic E-state index is 5.88. The van der Waals surface area contributed by atoms with Crippen LogP contribution < -0.4 is 0 Å². The molecular weight excluding hydrogens is 562 g/mol. The van der Waals surface area contributed by atoms with E-state index in [2.05, 4.69) is 54.6 Å². The Morgan fingerprint density at radius 1 is 0.706 bits per heavy atom. The predicted molar refractivity (Wildman–Crippen MR) is 133 cm³/mol. The molecule has 0 aliphatic carbocycles. The molecule has 0 saturated heterocycles. The summed E-state index contributed by atoms with van der Waals surface area (Å²) in [6.45, 7) is 1.19. The average Bonchev–Trinajstić information content (AvgIpc) is 3.51. The first-order valence-electron chi connectivity index (χ1n) is 10.6. The van der Waals surface area contributed by atoms with Crippen molar-refractivity contribution in [1.29, 1.82) is 0 Å². The van der Waals surface area contributed by atoms with E-state index in [-0.39, 0.29) is 32.7 Å². The van der Waals surface area contributed by atoms with Crippen LogP contribution >= 0.6 is 19.4 Å². The average molecular weight is 587 g/mol. The smallest absolute Gasteiger partial charge is 0.148 e. The molecule has 34 heavy (non-hydrogen) atoms. The Bertz CT molecular complexity index is 1010. The predicted octanol–water partition coefficient (Wildman–Crippen LogP) is 4.81. The van der Waals surface area contributed by atoms with E-state index in [0.717, 1.165) is 24.0 Å². The van der Waals surface area contributed by atoms with E-state index in [9.17, 15) is 0 Å². The van der Waals surface area contributed by atoms with Gasteiger partial charge in [-0.3, -0.25) is 9.98 Å². The molecule has 3 aromatic rings. The fourth-order valence-corrected chi connectivity index (χ4v) is 3.83. The topological polar surface area (TPSA) is 74.7 Å². The molecule has 2 atom stereocenters. The van der Waals surface area contributed by atoms with Crippen LogP contribution in [0.2, 0.25) is 0 Å². The number of benzene rings is 3. The second kappa shape index (κ2) is 13.6. The van der Waals surface area contributed by atoms with Crippen LogP contribution in [0.3, 0.4) is 0 Å². The molecule has 8 heteroatoms. The number of aliphatic imine (C=N–C) groups is 2. The first-order valence-corrected chi connectivity index (χ1v) is 14.8. The minimum Gasteiger partial charge on any atom is -0.510 e. The van der Waals surface area contributed by atoms with Crippen molar-refractivity contribution in [3.8, 4) is 0 Å². The zero-order valence-electron chi connectivity index (χ0n) is 18.3. The van der Waals surface area contributed by atoms with Crippen LogP contribution in [0.25, 0.3) is 0 Å². The Balaban J connectivity index is 0.000000771. The van der Waals surface area contributed by atoms with Gasteiger partial charge in [-0.1, -0.05) is 71.8 Å². The Morgan fingerprint density at radius 2 is 1.12 bits per heavy atom. The summed E-state index contributed by atoms with van der Waals surface area (Å²) >= 11 is -0.226. The zero-order chi connectivity index (χ0) is 22.9. The molecule has 0 bridgehead atoms. The van der Waals surface area contributed by atoms with Gasteiger partial charge >= 0.3 is 34.5 Å². The monoisotopic (exact) mass is 586 g/mol. The van der Waals surface area contributed by atoms with Gasteiger partial charge in [-0.2, -0.15) is 0 Å². The molecule has 0 aromatic heterocycles. The maximum Gasteiger partial charge on any atom is 0.148 e. The van der Waals surface area contributed by atoms with Crippen LogP contribution in [-0.2, 0) is 37.5 Å². The van der Waals surface area contributed by atoms with Crippen molar-refractivity contribution >= 4 is 31.2 Å². The van der Waals surface area contributed by atoms with Gasteiger partial charge in [0.05, 0.1) is 12.1 Å². The Hall–Kier alpha value is -2.24. The third-order valence-electron chi connectivity index (χ3n) is 5.31. The fourth-order valence-electron chi connectivity index (χ4n) is 3.83. The summed E-state index contributed by atoms with van der Waals surface area (Å²) in [4.78, 5) is 9.55. The molecule has 0 unspecified atom stereocenters. The number of nitrogens with zero attached hydrogens (tertiary/aromatic N) is 2. The quantitative estimate of drug-likeness (QED) is 0.307. The molecule has 0 radical (unpaired) electrons. The molecule has 0 amide bonds. The van der Waals surface area contributed by atoms with Gasteiger partial charge in [0.25, 0.3) is 0 Å². The molecule has 0 saturated carbocycles. The summed E-state index contributed by atoms with van der Waals surface area (Å²) in [6, 6.07) is 30.4. The first-order chi connectivity index (χ1) is 16.2. The van der Waals surface area contributed by atoms with Crippen LogP contribution in [-0.4, -0.2) is 42.6 Å². The van der Waals surface area contributed by atoms with Gasteiger partial charge in [0.1, 0.15) is 25.0 Å². The van der Waals surface area contributed by atoms with Crippen LogP contribution in [0.5, 0.6) is 0 Å². The molecular formula is C26H25Cl2N2O3Rh. The van der Waals surface area contributed by atoms with E-state index in [1.54, 1.807) is 0 Å². The van der Waals surface area contributed by atoms with Gasteiger partial charge in [0.2, 0.25) is 0 Å². The zero-order valence-corrected chi connectivity index (χ0v) is 21.4. The van der Waals surface area contributed by atoms with Gasteiger partial charge in [-0.15, -0.1) is 24.3 Å². The Morgan fingerprint density at radius 3 is 1.53 bits per heavy atom. The van der Waals surface area contributed by atoms with Crippen molar-refractivity contribution in [2.45, 2.75) is 24.9 Å². The van der Waals surface area contributed by atoms with E-state index in [4.69, 9.17) is 38.8 Å². The molecule has 2 heterocycles. The summed E-state index contributed by atoms with van der Waals surface area (Å²) in [6.07, 6.45) is 1.75. The molecule has 5 nitrogen and oxygen atoms in total. The minimum absolute atomic E-state index is 0. The van der Waals surface area contributed by atoms with Crippen LogP contribution in [0.1, 0.15) is 22.3 Å². The van der Waals surface area contributed by atoms with Gasteiger partial charge in [-0.05, 0) is 24.0 Å². The van der Waals surface area contributed by atoms with Crippen molar-refractivity contribution in [2.24, 2.45) is 9.98 Å². The molecule has 2 N–H and O–H groups in total. The normalized spacial score (nSPS) is 18.5. The number of hydrogen-bond donors (Lipinski definition) is 0. The third kappa shape index (κ3) is 7.38. The summed E-state index contributed by atoms with van der Waals surface area (Å²) in [5.41, 5.74) is 4.24. The Kier molecular flexibility index (Phi) is 10.5. The molecule has 3 aromatic carbocycles. The van der Waals surface area contributed by atoms with E-state index >= 15 is 0 Å². The second-order valence-corrected chi connectivity index (χ2v) is 10.2. The molecule has 5 rings (SSSR count). The second-order valence-electron chi connectivity index (χ2n) is 7.70. The molecule has 2 aliphatic rings. The van der Waals surface area contributed by atoms with Crippen molar-refractivity contribution in [1.82, 2.24) is 0 Å². The summed E-state index contributed by atoms with van der Waals surface area (Å²) in [7, 11) is 9.67. The number of hydrogen-bond acceptors (Lipinski definition) is 4. The van der Waals surface area contributed by atoms with E-state index in [1.165, 1.54) is 11.1 Å². The molecule has 0 fully saturated rings. The third-order valence-corrected chi connectivity index (χ3v) is 5.31. The summed E-state index contributed by atoms with van der Waals surface area (Å²) in [5, 5.41) is 0. The van der Waals surface area contributed by atoms with Crippen LogP contribution in [0.15, 0.2) is 88.8 Å². The minimum atomic E-state index is -0.226. The Labute approximate surface area is 215 Å². The van der Waals surface area contributed by atoms with Crippen LogP contribution in [0, 0.1) is 6.07 Å². The number of ether oxygens (including phenoxy) is 2. The van der Waals surface area contributed by atoms with E-state index in [1.807, 2.05) is 30.3 Å². The van der Waals surface area contributed by atoms with Crippen molar-refractivity contribution in [3.63, 3.8) is 0 Å². The van der Waals surface area contributed by atoms with E-state index in [0.29, 0.717) is 25.0 Å². The number of rotatable bonds is 6. The molecule has 180 valence electrons. The van der Waals surface area contributed by atoms with Crippen LogP contribution in [0.4, 0.5) is 0 Å². The molecule has 2 aliphatic heterocycles.